The van der Waals surface area contributed by atoms with E-state index in [1.165, 1.54) is 4.31 Å². The van der Waals surface area contributed by atoms with E-state index in [0.29, 0.717) is 19.4 Å². The summed E-state index contributed by atoms with van der Waals surface area (Å²) >= 11 is 0. The smallest absolute Gasteiger partial charge is 0.406 e. The highest BCUT2D eigenvalue weighted by atomic mass is 32.2. The number of aromatic nitrogens is 3. The highest BCUT2D eigenvalue weighted by molar-refractivity contribution is 7.89. The molecule has 0 amide bonds. The number of hydrogen-bond acceptors (Lipinski definition) is 6. The van der Waals surface area contributed by atoms with Crippen LogP contribution in [0.3, 0.4) is 0 Å². The van der Waals surface area contributed by atoms with E-state index in [4.69, 9.17) is 9.72 Å². The molecule has 8 nitrogen and oxygen atoms in total. The van der Waals surface area contributed by atoms with Gasteiger partial charge < -0.3 is 14.0 Å². The molecule has 3 aromatic rings. The fourth-order valence-electron chi connectivity index (χ4n) is 4.62. The summed E-state index contributed by atoms with van der Waals surface area (Å²) in [6.45, 7) is 1.22. The first kappa shape index (κ1) is 23.1. The molecule has 2 saturated heterocycles. The van der Waals surface area contributed by atoms with Crippen molar-refractivity contribution in [2.45, 2.75) is 49.1 Å². The van der Waals surface area contributed by atoms with Crippen LogP contribution < -0.4 is 4.74 Å². The SMILES string of the molecule is O=S(=O)(c1ccc(OC(F)(F)F)cc1)N1CCC(n2c([C@H]3CCCO3)nc3cccnc32)CC1. The van der Waals surface area contributed by atoms with Crippen LogP contribution in [0.2, 0.25) is 0 Å². The third-order valence-corrected chi connectivity index (χ3v) is 8.09. The number of ether oxygens (including phenoxy) is 2. The molecule has 12 heteroatoms. The Morgan fingerprint density at radius 2 is 1.79 bits per heavy atom. The molecule has 1 atom stereocenters. The minimum atomic E-state index is -4.84. The van der Waals surface area contributed by atoms with Gasteiger partial charge in [0.1, 0.15) is 23.2 Å². The van der Waals surface area contributed by atoms with Crippen molar-refractivity contribution in [3.05, 3.63) is 48.4 Å². The Morgan fingerprint density at radius 3 is 2.44 bits per heavy atom. The Balaban J connectivity index is 1.34. The van der Waals surface area contributed by atoms with Crippen LogP contribution in [0, 0.1) is 0 Å². The van der Waals surface area contributed by atoms with E-state index < -0.39 is 22.1 Å². The Labute approximate surface area is 194 Å². The molecular weight excluding hydrogens is 473 g/mol. The third-order valence-electron chi connectivity index (χ3n) is 6.18. The second-order valence-corrected chi connectivity index (χ2v) is 10.3. The first-order valence-corrected chi connectivity index (χ1v) is 12.5. The van der Waals surface area contributed by atoms with E-state index in [0.717, 1.165) is 54.1 Å². The molecule has 2 fully saturated rings. The topological polar surface area (TPSA) is 86.6 Å². The van der Waals surface area contributed by atoms with Gasteiger partial charge in [-0.15, -0.1) is 13.2 Å². The van der Waals surface area contributed by atoms with Crippen LogP contribution in [0.5, 0.6) is 5.75 Å². The van der Waals surface area contributed by atoms with Gasteiger partial charge in [-0.25, -0.2) is 18.4 Å². The minimum absolute atomic E-state index is 0.00751. The van der Waals surface area contributed by atoms with E-state index in [1.54, 1.807) is 6.20 Å². The molecule has 0 spiro atoms. The van der Waals surface area contributed by atoms with Gasteiger partial charge in [0, 0.05) is 31.9 Å². The predicted molar refractivity (Wildman–Crippen MR) is 116 cm³/mol. The molecule has 0 aliphatic carbocycles. The van der Waals surface area contributed by atoms with E-state index in [9.17, 15) is 21.6 Å². The fourth-order valence-corrected chi connectivity index (χ4v) is 6.09. The molecule has 0 unspecified atom stereocenters. The Bertz CT molecular complexity index is 1260. The lowest BCUT2D eigenvalue weighted by atomic mass is 10.1. The molecule has 1 aromatic carbocycles. The van der Waals surface area contributed by atoms with Crippen molar-refractivity contribution in [3.63, 3.8) is 0 Å². The van der Waals surface area contributed by atoms with Gasteiger partial charge in [-0.2, -0.15) is 4.31 Å². The molecule has 0 radical (unpaired) electrons. The molecule has 0 N–H and O–H groups in total. The normalized spacial score (nSPS) is 20.7. The van der Waals surface area contributed by atoms with Crippen LogP contribution in [0.4, 0.5) is 13.2 Å². The van der Waals surface area contributed by atoms with Gasteiger partial charge in [0.2, 0.25) is 10.0 Å². The lowest BCUT2D eigenvalue weighted by Crippen LogP contribution is -2.39. The zero-order valence-electron chi connectivity index (χ0n) is 18.1. The van der Waals surface area contributed by atoms with Crippen LogP contribution in [0.15, 0.2) is 47.5 Å². The van der Waals surface area contributed by atoms with Crippen molar-refractivity contribution in [1.82, 2.24) is 18.8 Å². The number of rotatable bonds is 5. The summed E-state index contributed by atoms with van der Waals surface area (Å²) in [7, 11) is -3.85. The number of benzene rings is 1. The Morgan fingerprint density at radius 1 is 1.06 bits per heavy atom. The lowest BCUT2D eigenvalue weighted by Gasteiger charge is -2.33. The first-order chi connectivity index (χ1) is 16.2. The number of pyridine rings is 1. The molecule has 0 saturated carbocycles. The first-order valence-electron chi connectivity index (χ1n) is 11.0. The van der Waals surface area contributed by atoms with Crippen molar-refractivity contribution in [1.29, 1.82) is 0 Å². The van der Waals surface area contributed by atoms with Crippen molar-refractivity contribution in [2.75, 3.05) is 19.7 Å². The Kier molecular flexibility index (Phi) is 5.98. The summed E-state index contributed by atoms with van der Waals surface area (Å²) < 4.78 is 76.4. The van der Waals surface area contributed by atoms with E-state index in [-0.39, 0.29) is 30.1 Å². The maximum Gasteiger partial charge on any atom is 0.573 e. The van der Waals surface area contributed by atoms with Crippen molar-refractivity contribution < 1.29 is 31.1 Å². The largest absolute Gasteiger partial charge is 0.573 e. The third kappa shape index (κ3) is 4.49. The van der Waals surface area contributed by atoms with Gasteiger partial charge in [0.05, 0.1) is 4.90 Å². The second-order valence-electron chi connectivity index (χ2n) is 8.34. The summed E-state index contributed by atoms with van der Waals surface area (Å²) in [4.78, 5) is 9.22. The molecule has 2 aliphatic heterocycles. The van der Waals surface area contributed by atoms with Gasteiger partial charge in [-0.1, -0.05) is 0 Å². The summed E-state index contributed by atoms with van der Waals surface area (Å²) in [5.74, 6) is 0.360. The number of piperidine rings is 1. The number of hydrogen-bond donors (Lipinski definition) is 0. The number of alkyl halides is 3. The van der Waals surface area contributed by atoms with Crippen molar-refractivity contribution >= 4 is 21.2 Å². The van der Waals surface area contributed by atoms with Crippen molar-refractivity contribution in [3.8, 4) is 5.75 Å². The molecule has 34 heavy (non-hydrogen) atoms. The average molecular weight is 497 g/mol. The maximum atomic E-state index is 13.1. The Hall–Kier alpha value is -2.70. The molecular formula is C22H23F3N4O4S. The number of sulfonamides is 1. The summed E-state index contributed by atoms with van der Waals surface area (Å²) in [6, 6.07) is 8.01. The number of fused-ring (bicyclic) bond motifs is 1. The second kappa shape index (κ2) is 8.82. The fraction of sp³-hybridized carbons (Fsp3) is 0.455. The number of halogens is 3. The van der Waals surface area contributed by atoms with Gasteiger partial charge in [0.15, 0.2) is 5.65 Å². The van der Waals surface area contributed by atoms with Crippen molar-refractivity contribution in [2.24, 2.45) is 0 Å². The monoisotopic (exact) mass is 496 g/mol. The van der Waals surface area contributed by atoms with Crippen LogP contribution in [0.1, 0.15) is 43.7 Å². The summed E-state index contributed by atoms with van der Waals surface area (Å²) in [5.41, 5.74) is 1.54. The maximum absolute atomic E-state index is 13.1. The van der Waals surface area contributed by atoms with E-state index >= 15 is 0 Å². The van der Waals surface area contributed by atoms with Gasteiger partial charge in [-0.3, -0.25) is 0 Å². The molecule has 2 aliphatic rings. The van der Waals surface area contributed by atoms with E-state index in [2.05, 4.69) is 14.3 Å². The average Bonchev–Trinajstić information content (AvgIpc) is 3.46. The molecule has 182 valence electrons. The summed E-state index contributed by atoms with van der Waals surface area (Å²) in [6.07, 6.45) is -0.279. The number of nitrogens with zero attached hydrogens (tertiary/aromatic N) is 4. The zero-order valence-corrected chi connectivity index (χ0v) is 18.9. The molecule has 5 rings (SSSR count). The van der Waals surface area contributed by atoms with Gasteiger partial charge in [0.25, 0.3) is 0 Å². The molecule has 0 bridgehead atoms. The standard InChI is InChI=1S/C22H23F3N4O4S/c23-22(24,25)33-16-5-7-17(8-6-16)34(30,31)28-12-9-15(10-13-28)29-20-18(3-1-11-26-20)27-21(29)19-4-2-14-32-19/h1,3,5-8,11,15,19H,2,4,9-10,12-14H2/t19-/m1/s1. The van der Waals surface area contributed by atoms with Crippen LogP contribution >= 0.6 is 0 Å². The predicted octanol–water partition coefficient (Wildman–Crippen LogP) is 4.21. The number of imidazole rings is 1. The molecule has 2 aromatic heterocycles. The van der Waals surface area contributed by atoms with Crippen LogP contribution in [-0.4, -0.2) is 53.3 Å². The highest BCUT2D eigenvalue weighted by Crippen LogP contribution is 2.36. The quantitative estimate of drug-likeness (QED) is 0.526. The molecule has 4 heterocycles. The van der Waals surface area contributed by atoms with E-state index in [1.807, 2.05) is 12.1 Å². The minimum Gasteiger partial charge on any atom is -0.406 e. The van der Waals surface area contributed by atoms with Crippen LogP contribution in [-0.2, 0) is 14.8 Å². The zero-order chi connectivity index (χ0) is 23.9. The van der Waals surface area contributed by atoms with Gasteiger partial charge >= 0.3 is 6.36 Å². The summed E-state index contributed by atoms with van der Waals surface area (Å²) in [5, 5.41) is 0. The lowest BCUT2D eigenvalue weighted by molar-refractivity contribution is -0.274. The highest BCUT2D eigenvalue weighted by Gasteiger charge is 2.35. The van der Waals surface area contributed by atoms with Crippen LogP contribution in [0.25, 0.3) is 11.2 Å². The van der Waals surface area contributed by atoms with Gasteiger partial charge in [-0.05, 0) is 62.1 Å².